The topological polar surface area (TPSA) is 61.7 Å². The molecule has 26 heavy (non-hydrogen) atoms. The molecule has 3 aromatic rings. The molecule has 6 heteroatoms. The second kappa shape index (κ2) is 6.31. The van der Waals surface area contributed by atoms with E-state index < -0.39 is 0 Å². The zero-order valence-corrected chi connectivity index (χ0v) is 16.1. The van der Waals surface area contributed by atoms with Crippen molar-refractivity contribution in [3.63, 3.8) is 0 Å². The summed E-state index contributed by atoms with van der Waals surface area (Å²) in [5.41, 5.74) is 4.48. The Kier molecular flexibility index (Phi) is 4.10. The van der Waals surface area contributed by atoms with E-state index in [-0.39, 0.29) is 5.92 Å². The van der Waals surface area contributed by atoms with Crippen LogP contribution in [-0.4, -0.2) is 10.2 Å². The van der Waals surface area contributed by atoms with Gasteiger partial charge in [0.15, 0.2) is 0 Å². The molecule has 1 N–H and O–H groups in total. The molecule has 1 aliphatic heterocycles. The molecular formula is C20H16ClN3OS. The van der Waals surface area contributed by atoms with Gasteiger partial charge in [-0.3, -0.25) is 5.10 Å². The van der Waals surface area contributed by atoms with Crippen molar-refractivity contribution in [1.82, 2.24) is 10.2 Å². The first-order valence-electron chi connectivity index (χ1n) is 8.19. The fraction of sp³-hybridized carbons (Fsp3) is 0.200. The third-order valence-electron chi connectivity index (χ3n) is 4.61. The van der Waals surface area contributed by atoms with Crippen LogP contribution in [-0.2, 0) is 0 Å². The summed E-state index contributed by atoms with van der Waals surface area (Å²) in [4.78, 5) is 2.43. The highest BCUT2D eigenvalue weighted by molar-refractivity contribution is 7.12. The third kappa shape index (κ3) is 2.63. The Morgan fingerprint density at radius 1 is 1.23 bits per heavy atom. The van der Waals surface area contributed by atoms with Crippen LogP contribution in [0.2, 0.25) is 5.02 Å². The largest absolute Gasteiger partial charge is 0.441 e. The number of hydrogen-bond acceptors (Lipinski definition) is 4. The number of nitrogens with zero attached hydrogens (tertiary/aromatic N) is 2. The minimum Gasteiger partial charge on any atom is -0.441 e. The van der Waals surface area contributed by atoms with Gasteiger partial charge < -0.3 is 4.74 Å². The second-order valence-corrected chi connectivity index (χ2v) is 8.21. The number of benzene rings is 1. The van der Waals surface area contributed by atoms with E-state index in [0.29, 0.717) is 22.2 Å². The summed E-state index contributed by atoms with van der Waals surface area (Å²) in [6, 6.07) is 12.1. The lowest BCUT2D eigenvalue weighted by atomic mass is 9.82. The third-order valence-corrected chi connectivity index (χ3v) is 5.83. The molecule has 1 unspecified atom stereocenters. The molecule has 4 nitrogen and oxygen atoms in total. The Morgan fingerprint density at radius 2 is 1.96 bits per heavy atom. The predicted molar refractivity (Wildman–Crippen MR) is 104 cm³/mol. The number of aromatic amines is 1. The van der Waals surface area contributed by atoms with Crippen LogP contribution in [0.3, 0.4) is 0 Å². The van der Waals surface area contributed by atoms with Gasteiger partial charge in [-0.2, -0.15) is 5.26 Å². The van der Waals surface area contributed by atoms with Gasteiger partial charge in [-0.25, -0.2) is 0 Å². The number of nitrogens with one attached hydrogen (secondary N) is 1. The zero-order valence-electron chi connectivity index (χ0n) is 14.6. The van der Waals surface area contributed by atoms with Gasteiger partial charge >= 0.3 is 0 Å². The lowest BCUT2D eigenvalue weighted by Crippen LogP contribution is -2.14. The van der Waals surface area contributed by atoms with Gasteiger partial charge in [0.05, 0.1) is 28.8 Å². The number of aryl methyl sites for hydroxylation is 2. The number of ether oxygens (including phenoxy) is 1. The highest BCUT2D eigenvalue weighted by Crippen LogP contribution is 2.47. The normalized spacial score (nSPS) is 16.2. The van der Waals surface area contributed by atoms with Crippen LogP contribution in [0, 0.1) is 25.2 Å². The molecule has 0 amide bonds. The lowest BCUT2D eigenvalue weighted by Gasteiger charge is -2.24. The van der Waals surface area contributed by atoms with Crippen molar-refractivity contribution in [2.75, 3.05) is 0 Å². The molecule has 0 saturated heterocycles. The lowest BCUT2D eigenvalue weighted by molar-refractivity contribution is 0.386. The van der Waals surface area contributed by atoms with E-state index in [1.807, 2.05) is 24.3 Å². The maximum absolute atomic E-state index is 9.79. The van der Waals surface area contributed by atoms with Gasteiger partial charge in [0, 0.05) is 20.3 Å². The Balaban J connectivity index is 1.97. The van der Waals surface area contributed by atoms with Crippen molar-refractivity contribution in [2.45, 2.75) is 26.7 Å². The summed E-state index contributed by atoms with van der Waals surface area (Å²) in [5.74, 6) is 0.866. The van der Waals surface area contributed by atoms with Gasteiger partial charge in [0.2, 0.25) is 5.88 Å². The average molecular weight is 382 g/mol. The van der Waals surface area contributed by atoms with Crippen LogP contribution < -0.4 is 4.74 Å². The van der Waals surface area contributed by atoms with Crippen LogP contribution >= 0.6 is 22.9 Å². The summed E-state index contributed by atoms with van der Waals surface area (Å²) in [5, 5.41) is 18.0. The highest BCUT2D eigenvalue weighted by Gasteiger charge is 2.35. The zero-order chi connectivity index (χ0) is 18.4. The molecule has 1 aromatic carbocycles. The smallest absolute Gasteiger partial charge is 0.242 e. The van der Waals surface area contributed by atoms with Gasteiger partial charge in [-0.15, -0.1) is 16.4 Å². The molecule has 2 aromatic heterocycles. The Labute approximate surface area is 160 Å². The summed E-state index contributed by atoms with van der Waals surface area (Å²) in [7, 11) is 0. The summed E-state index contributed by atoms with van der Waals surface area (Å²) in [6.07, 6.45) is 0. The first kappa shape index (κ1) is 16.9. The number of allylic oxidation sites excluding steroid dienone is 2. The Morgan fingerprint density at radius 3 is 2.58 bits per heavy atom. The maximum atomic E-state index is 9.79. The fourth-order valence-electron chi connectivity index (χ4n) is 3.44. The molecule has 3 heterocycles. The van der Waals surface area contributed by atoms with Gasteiger partial charge in [0.25, 0.3) is 0 Å². The standard InChI is InChI=1S/C20H16ClN3OS/c1-10-8-15(12(3)26-10)19-18-17(13-4-6-14(21)7-5-13)16(9-22)11(2)25-20(18)24-23-19/h4-8,17H,1-3H3,(H,23,24). The van der Waals surface area contributed by atoms with Crippen LogP contribution in [0.25, 0.3) is 11.3 Å². The summed E-state index contributed by atoms with van der Waals surface area (Å²) in [6.45, 7) is 5.98. The molecule has 0 aliphatic carbocycles. The first-order chi connectivity index (χ1) is 12.5. The van der Waals surface area contributed by atoms with E-state index in [9.17, 15) is 5.26 Å². The quantitative estimate of drug-likeness (QED) is 0.616. The fourth-order valence-corrected chi connectivity index (χ4v) is 4.50. The monoisotopic (exact) mass is 381 g/mol. The van der Waals surface area contributed by atoms with Crippen LogP contribution in [0.4, 0.5) is 0 Å². The molecule has 0 fully saturated rings. The van der Waals surface area contributed by atoms with Crippen LogP contribution in [0.1, 0.15) is 33.7 Å². The number of hydrogen-bond donors (Lipinski definition) is 1. The van der Waals surface area contributed by atoms with E-state index in [4.69, 9.17) is 16.3 Å². The summed E-state index contributed by atoms with van der Waals surface area (Å²) < 4.78 is 5.85. The average Bonchev–Trinajstić information content (AvgIpc) is 3.16. The number of rotatable bonds is 2. The van der Waals surface area contributed by atoms with E-state index in [1.165, 1.54) is 9.75 Å². The van der Waals surface area contributed by atoms with Gasteiger partial charge in [-0.1, -0.05) is 23.7 Å². The minimum atomic E-state index is -0.241. The van der Waals surface area contributed by atoms with Gasteiger partial charge in [0.1, 0.15) is 5.76 Å². The van der Waals surface area contributed by atoms with E-state index in [0.717, 1.165) is 22.4 Å². The van der Waals surface area contributed by atoms with Crippen molar-refractivity contribution >= 4 is 22.9 Å². The van der Waals surface area contributed by atoms with E-state index in [1.54, 1.807) is 18.3 Å². The number of halogens is 1. The number of fused-ring (bicyclic) bond motifs is 1. The Hall–Kier alpha value is -2.55. The molecule has 4 rings (SSSR count). The summed E-state index contributed by atoms with van der Waals surface area (Å²) >= 11 is 7.80. The molecule has 0 radical (unpaired) electrons. The molecule has 1 aliphatic rings. The van der Waals surface area contributed by atoms with E-state index in [2.05, 4.69) is 36.2 Å². The number of H-pyrrole nitrogens is 1. The molecule has 0 spiro atoms. The molecule has 130 valence electrons. The second-order valence-electron chi connectivity index (χ2n) is 6.31. The molecule has 1 atom stereocenters. The van der Waals surface area contributed by atoms with Crippen molar-refractivity contribution in [1.29, 1.82) is 5.26 Å². The number of nitriles is 1. The van der Waals surface area contributed by atoms with E-state index >= 15 is 0 Å². The maximum Gasteiger partial charge on any atom is 0.242 e. The van der Waals surface area contributed by atoms with Crippen molar-refractivity contribution in [3.8, 4) is 23.2 Å². The first-order valence-corrected chi connectivity index (χ1v) is 9.39. The minimum absolute atomic E-state index is 0.241. The van der Waals surface area contributed by atoms with Crippen LogP contribution in [0.15, 0.2) is 41.7 Å². The van der Waals surface area contributed by atoms with Crippen molar-refractivity contribution in [2.24, 2.45) is 0 Å². The van der Waals surface area contributed by atoms with Gasteiger partial charge in [-0.05, 0) is 44.5 Å². The molecular weight excluding hydrogens is 366 g/mol. The molecule has 0 saturated carbocycles. The van der Waals surface area contributed by atoms with Crippen molar-refractivity contribution in [3.05, 3.63) is 67.6 Å². The number of thiophene rings is 1. The van der Waals surface area contributed by atoms with Crippen LogP contribution in [0.5, 0.6) is 5.88 Å². The Bertz CT molecular complexity index is 1070. The highest BCUT2D eigenvalue weighted by atomic mass is 35.5. The molecule has 0 bridgehead atoms. The van der Waals surface area contributed by atoms with Crippen molar-refractivity contribution < 1.29 is 4.74 Å². The number of aromatic nitrogens is 2. The SMILES string of the molecule is CC1=C(C#N)C(c2ccc(Cl)cc2)c2c(n[nH]c2-c2cc(C)sc2C)O1. The predicted octanol–water partition coefficient (Wildman–Crippen LogP) is 5.73.